The summed E-state index contributed by atoms with van der Waals surface area (Å²) in [5, 5.41) is 0. The minimum absolute atomic E-state index is 0.238. The van der Waals surface area contributed by atoms with E-state index in [9.17, 15) is 13.2 Å². The van der Waals surface area contributed by atoms with Crippen molar-refractivity contribution in [1.82, 2.24) is 0 Å². The number of nitrogens with two attached hydrogens (primary N) is 1. The molecule has 0 aromatic heterocycles. The normalized spacial score (nSPS) is 16.1. The molecule has 8 heteroatoms. The molecule has 1 unspecified atom stereocenters. The standard InChI is InChI=1S/C12H13BrF3NO3/c13-8-4-11-10(19-1-2-20-11)3-7(8)9(17)5-18-6-12(14,15)16/h3-4,9H,1-2,5-6,17H2. The van der Waals surface area contributed by atoms with Gasteiger partial charge in [-0.05, 0) is 17.7 Å². The van der Waals surface area contributed by atoms with Crippen LogP contribution < -0.4 is 15.2 Å². The Bertz CT molecular complexity index is 482. The monoisotopic (exact) mass is 355 g/mol. The summed E-state index contributed by atoms with van der Waals surface area (Å²) in [7, 11) is 0. The third-order valence-electron chi connectivity index (χ3n) is 2.62. The molecule has 0 aliphatic carbocycles. The lowest BCUT2D eigenvalue weighted by molar-refractivity contribution is -0.174. The summed E-state index contributed by atoms with van der Waals surface area (Å²) < 4.78 is 52.0. The fourth-order valence-electron chi connectivity index (χ4n) is 1.76. The number of alkyl halides is 3. The molecule has 1 heterocycles. The predicted molar refractivity (Wildman–Crippen MR) is 68.9 cm³/mol. The maximum atomic E-state index is 12.0. The second kappa shape index (κ2) is 6.19. The van der Waals surface area contributed by atoms with Crippen molar-refractivity contribution in [3.8, 4) is 11.5 Å². The Kier molecular flexibility index (Phi) is 4.77. The first-order chi connectivity index (χ1) is 9.37. The maximum absolute atomic E-state index is 12.0. The van der Waals surface area contributed by atoms with E-state index in [1.54, 1.807) is 12.1 Å². The average Bonchev–Trinajstić information content (AvgIpc) is 2.36. The summed E-state index contributed by atoms with van der Waals surface area (Å²) in [4.78, 5) is 0. The van der Waals surface area contributed by atoms with Crippen LogP contribution in [0.2, 0.25) is 0 Å². The first-order valence-corrected chi connectivity index (χ1v) is 6.65. The van der Waals surface area contributed by atoms with E-state index in [2.05, 4.69) is 20.7 Å². The topological polar surface area (TPSA) is 53.7 Å². The van der Waals surface area contributed by atoms with Crippen molar-refractivity contribution < 1.29 is 27.4 Å². The highest BCUT2D eigenvalue weighted by atomic mass is 79.9. The van der Waals surface area contributed by atoms with Crippen LogP contribution in [-0.2, 0) is 4.74 Å². The van der Waals surface area contributed by atoms with E-state index >= 15 is 0 Å². The summed E-state index contributed by atoms with van der Waals surface area (Å²) in [6, 6.07) is 2.65. The predicted octanol–water partition coefficient (Wildman–Crippen LogP) is 2.80. The van der Waals surface area contributed by atoms with Crippen molar-refractivity contribution in [2.24, 2.45) is 5.73 Å². The summed E-state index contributed by atoms with van der Waals surface area (Å²) in [6.45, 7) is -0.673. The van der Waals surface area contributed by atoms with E-state index in [0.29, 0.717) is 34.7 Å². The molecule has 1 aromatic carbocycles. The SMILES string of the molecule is NC(COCC(F)(F)F)c1cc2c(cc1Br)OCCO2. The first-order valence-electron chi connectivity index (χ1n) is 5.86. The molecule has 112 valence electrons. The first kappa shape index (κ1) is 15.4. The smallest absolute Gasteiger partial charge is 0.411 e. The van der Waals surface area contributed by atoms with E-state index in [1.165, 1.54) is 0 Å². The molecule has 0 fully saturated rings. The Morgan fingerprint density at radius 2 is 1.85 bits per heavy atom. The van der Waals surface area contributed by atoms with Gasteiger partial charge in [0.15, 0.2) is 11.5 Å². The second-order valence-corrected chi connectivity index (χ2v) is 5.11. The number of halogens is 4. The number of benzene rings is 1. The molecule has 0 bridgehead atoms. The van der Waals surface area contributed by atoms with E-state index in [4.69, 9.17) is 15.2 Å². The molecule has 1 atom stereocenters. The fraction of sp³-hybridized carbons (Fsp3) is 0.500. The molecular formula is C12H13BrF3NO3. The molecule has 1 aliphatic heterocycles. The van der Waals surface area contributed by atoms with Gasteiger partial charge in [-0.2, -0.15) is 13.2 Å². The van der Waals surface area contributed by atoms with Crippen LogP contribution in [-0.4, -0.2) is 32.6 Å². The zero-order valence-electron chi connectivity index (χ0n) is 10.4. The van der Waals surface area contributed by atoms with Crippen LogP contribution in [0.25, 0.3) is 0 Å². The number of ether oxygens (including phenoxy) is 3. The number of rotatable bonds is 4. The molecule has 1 aliphatic rings. The highest BCUT2D eigenvalue weighted by molar-refractivity contribution is 9.10. The average molecular weight is 356 g/mol. The molecule has 1 aromatic rings. The molecule has 0 spiro atoms. The highest BCUT2D eigenvalue weighted by Crippen LogP contribution is 2.37. The Hall–Kier alpha value is -0.990. The lowest BCUT2D eigenvalue weighted by Gasteiger charge is -2.22. The van der Waals surface area contributed by atoms with Gasteiger partial charge in [-0.25, -0.2) is 0 Å². The van der Waals surface area contributed by atoms with E-state index < -0.39 is 18.8 Å². The Morgan fingerprint density at radius 1 is 1.25 bits per heavy atom. The second-order valence-electron chi connectivity index (χ2n) is 4.25. The van der Waals surface area contributed by atoms with Gasteiger partial charge in [-0.1, -0.05) is 15.9 Å². The molecule has 0 saturated carbocycles. The Morgan fingerprint density at radius 3 is 2.45 bits per heavy atom. The van der Waals surface area contributed by atoms with Gasteiger partial charge in [0.05, 0.1) is 12.6 Å². The summed E-state index contributed by atoms with van der Waals surface area (Å²) in [5.74, 6) is 1.11. The van der Waals surface area contributed by atoms with Gasteiger partial charge in [0.25, 0.3) is 0 Å². The minimum Gasteiger partial charge on any atom is -0.486 e. The molecule has 20 heavy (non-hydrogen) atoms. The summed E-state index contributed by atoms with van der Waals surface area (Å²) in [5.41, 5.74) is 6.45. The largest absolute Gasteiger partial charge is 0.486 e. The van der Waals surface area contributed by atoms with E-state index in [0.717, 1.165) is 0 Å². The molecule has 0 saturated heterocycles. The van der Waals surface area contributed by atoms with Gasteiger partial charge >= 0.3 is 6.18 Å². The van der Waals surface area contributed by atoms with Gasteiger partial charge in [-0.3, -0.25) is 0 Å². The molecule has 0 amide bonds. The lowest BCUT2D eigenvalue weighted by atomic mass is 10.1. The Balaban J connectivity index is 2.04. The van der Waals surface area contributed by atoms with Crippen molar-refractivity contribution in [3.63, 3.8) is 0 Å². The third kappa shape index (κ3) is 4.00. The zero-order valence-corrected chi connectivity index (χ0v) is 12.0. The zero-order chi connectivity index (χ0) is 14.8. The van der Waals surface area contributed by atoms with Crippen molar-refractivity contribution in [1.29, 1.82) is 0 Å². The van der Waals surface area contributed by atoms with Crippen LogP contribution in [0.4, 0.5) is 13.2 Å². The van der Waals surface area contributed by atoms with Crippen molar-refractivity contribution in [2.75, 3.05) is 26.4 Å². The minimum atomic E-state index is -4.36. The highest BCUT2D eigenvalue weighted by Gasteiger charge is 2.28. The van der Waals surface area contributed by atoms with Gasteiger partial charge in [0, 0.05) is 4.47 Å². The van der Waals surface area contributed by atoms with E-state index in [1.807, 2.05) is 0 Å². The van der Waals surface area contributed by atoms with Gasteiger partial charge in [-0.15, -0.1) is 0 Å². The van der Waals surface area contributed by atoms with Crippen LogP contribution in [0, 0.1) is 0 Å². The van der Waals surface area contributed by atoms with Crippen LogP contribution in [0.15, 0.2) is 16.6 Å². The van der Waals surface area contributed by atoms with Gasteiger partial charge in [0.2, 0.25) is 0 Å². The number of hydrogen-bond acceptors (Lipinski definition) is 4. The van der Waals surface area contributed by atoms with Crippen LogP contribution in [0.3, 0.4) is 0 Å². The number of hydrogen-bond donors (Lipinski definition) is 1. The molecular weight excluding hydrogens is 343 g/mol. The lowest BCUT2D eigenvalue weighted by Crippen LogP contribution is -2.24. The summed E-state index contributed by atoms with van der Waals surface area (Å²) >= 11 is 3.31. The van der Waals surface area contributed by atoms with Crippen LogP contribution in [0.5, 0.6) is 11.5 Å². The van der Waals surface area contributed by atoms with Gasteiger partial charge in [0.1, 0.15) is 19.8 Å². The van der Waals surface area contributed by atoms with Crippen molar-refractivity contribution in [2.45, 2.75) is 12.2 Å². The van der Waals surface area contributed by atoms with Crippen LogP contribution in [0.1, 0.15) is 11.6 Å². The third-order valence-corrected chi connectivity index (χ3v) is 3.31. The van der Waals surface area contributed by atoms with E-state index in [-0.39, 0.29) is 6.61 Å². The van der Waals surface area contributed by atoms with Crippen LogP contribution >= 0.6 is 15.9 Å². The summed E-state index contributed by atoms with van der Waals surface area (Å²) in [6.07, 6.45) is -4.36. The molecule has 4 nitrogen and oxygen atoms in total. The van der Waals surface area contributed by atoms with Crippen molar-refractivity contribution in [3.05, 3.63) is 22.2 Å². The Labute approximate surface area is 122 Å². The van der Waals surface area contributed by atoms with Crippen molar-refractivity contribution >= 4 is 15.9 Å². The maximum Gasteiger partial charge on any atom is 0.411 e. The molecule has 0 radical (unpaired) electrons. The molecule has 2 rings (SSSR count). The number of fused-ring (bicyclic) bond motifs is 1. The fourth-order valence-corrected chi connectivity index (χ4v) is 2.37. The molecule has 2 N–H and O–H groups in total. The quantitative estimate of drug-likeness (QED) is 0.902. The van der Waals surface area contributed by atoms with Gasteiger partial charge < -0.3 is 19.9 Å².